The van der Waals surface area contributed by atoms with E-state index in [0.29, 0.717) is 17.7 Å². The van der Waals surface area contributed by atoms with Crippen molar-refractivity contribution in [2.24, 2.45) is 0 Å². The molecule has 0 bridgehead atoms. The molecule has 3 aromatic rings. The van der Waals surface area contributed by atoms with Crippen molar-refractivity contribution in [1.29, 1.82) is 0 Å². The maximum absolute atomic E-state index is 13.2. The topological polar surface area (TPSA) is 94.8 Å². The first-order valence-electron chi connectivity index (χ1n) is 9.38. The zero-order chi connectivity index (χ0) is 20.4. The number of pyridine rings is 1. The Balaban J connectivity index is 1.63. The molecule has 0 atom stereocenters. The van der Waals surface area contributed by atoms with Gasteiger partial charge in [-0.1, -0.05) is 6.92 Å². The van der Waals surface area contributed by atoms with Crippen LogP contribution in [0, 0.1) is 0 Å². The molecule has 1 aliphatic rings. The molecule has 0 spiro atoms. The summed E-state index contributed by atoms with van der Waals surface area (Å²) in [5.74, 6) is 1.25. The average Bonchev–Trinajstić information content (AvgIpc) is 2.69. The third-order valence-corrected chi connectivity index (χ3v) is 5.96. The molecule has 8 nitrogen and oxygen atoms in total. The predicted molar refractivity (Wildman–Crippen MR) is 114 cm³/mol. The van der Waals surface area contributed by atoms with Crippen LogP contribution in [0.4, 0.5) is 5.82 Å². The van der Waals surface area contributed by atoms with Gasteiger partial charge < -0.3 is 10.1 Å². The highest BCUT2D eigenvalue weighted by atomic mass is 35.5. The first-order chi connectivity index (χ1) is 14.1. The molecule has 0 unspecified atom stereocenters. The number of nitrogens with zero attached hydrogens (tertiary/aromatic N) is 5. The number of fused-ring (bicyclic) bond motifs is 1. The van der Waals surface area contributed by atoms with E-state index >= 15 is 0 Å². The quantitative estimate of drug-likeness (QED) is 0.448. The highest BCUT2D eigenvalue weighted by Gasteiger charge is 2.33. The molecule has 3 aromatic heterocycles. The normalized spacial score (nSPS) is 18.6. The number of aromatic nitrogens is 5. The maximum Gasteiger partial charge on any atom is 0.295 e. The number of halogens is 1. The molecule has 0 aromatic carbocycles. The van der Waals surface area contributed by atoms with Gasteiger partial charge in [-0.15, -0.1) is 11.8 Å². The number of rotatable bonds is 7. The van der Waals surface area contributed by atoms with Crippen molar-refractivity contribution in [1.82, 2.24) is 24.5 Å². The van der Waals surface area contributed by atoms with E-state index in [9.17, 15) is 4.79 Å². The molecule has 4 rings (SSSR count). The fourth-order valence-corrected chi connectivity index (χ4v) is 4.07. The molecule has 0 amide bonds. The summed E-state index contributed by atoms with van der Waals surface area (Å²) in [7, 11) is 1.68. The Bertz CT molecular complexity index is 1070. The first-order valence-corrected chi connectivity index (χ1v) is 10.7. The van der Waals surface area contributed by atoms with E-state index in [0.717, 1.165) is 29.2 Å². The summed E-state index contributed by atoms with van der Waals surface area (Å²) in [5.41, 5.74) is 1.55. The molecule has 3 heterocycles. The highest BCUT2D eigenvalue weighted by molar-refractivity contribution is 7.99. The smallest absolute Gasteiger partial charge is 0.295 e. The van der Waals surface area contributed by atoms with E-state index in [2.05, 4.69) is 32.2 Å². The minimum Gasteiger partial charge on any atom is -0.381 e. The van der Waals surface area contributed by atoms with E-state index in [1.807, 2.05) is 18.3 Å². The lowest BCUT2D eigenvalue weighted by Crippen LogP contribution is -2.39. The van der Waals surface area contributed by atoms with Crippen LogP contribution < -0.4 is 10.9 Å². The summed E-state index contributed by atoms with van der Waals surface area (Å²) in [4.78, 5) is 31.4. The minimum atomic E-state index is -0.232. The van der Waals surface area contributed by atoms with Gasteiger partial charge in [0.05, 0.1) is 24.5 Å². The number of thioether (sulfide) groups is 1. The molecule has 29 heavy (non-hydrogen) atoms. The second-order valence-corrected chi connectivity index (χ2v) is 8.41. The highest BCUT2D eigenvalue weighted by Crippen LogP contribution is 2.34. The SMILES string of the molecule is CCSc1ccc(CNc2nc3cnc(Cl)nc3n(C3CC(OC)C3)c2=O)nc1. The summed E-state index contributed by atoms with van der Waals surface area (Å²) in [5, 5.41) is 3.21. The van der Waals surface area contributed by atoms with E-state index in [1.54, 1.807) is 23.4 Å². The Labute approximate surface area is 177 Å². The third-order valence-electron chi connectivity index (χ3n) is 4.92. The Kier molecular flexibility index (Phi) is 5.98. The molecule has 0 radical (unpaired) electrons. The van der Waals surface area contributed by atoms with E-state index in [-0.39, 0.29) is 28.8 Å². The van der Waals surface area contributed by atoms with Gasteiger partial charge in [0.15, 0.2) is 11.5 Å². The van der Waals surface area contributed by atoms with Gasteiger partial charge >= 0.3 is 0 Å². The molecule has 0 saturated heterocycles. The van der Waals surface area contributed by atoms with Crippen LogP contribution in [0.3, 0.4) is 0 Å². The molecule has 1 aliphatic carbocycles. The minimum absolute atomic E-state index is 0.00653. The molecule has 1 fully saturated rings. The van der Waals surface area contributed by atoms with Gasteiger partial charge in [-0.25, -0.2) is 9.97 Å². The van der Waals surface area contributed by atoms with E-state index in [4.69, 9.17) is 16.3 Å². The van der Waals surface area contributed by atoms with Gasteiger partial charge in [0.1, 0.15) is 5.52 Å². The van der Waals surface area contributed by atoms with Crippen molar-refractivity contribution < 1.29 is 4.74 Å². The van der Waals surface area contributed by atoms with Gasteiger partial charge in [-0.05, 0) is 42.3 Å². The van der Waals surface area contributed by atoms with Crippen LogP contribution >= 0.6 is 23.4 Å². The van der Waals surface area contributed by atoms with Gasteiger partial charge in [-0.3, -0.25) is 14.3 Å². The van der Waals surface area contributed by atoms with Gasteiger partial charge in [0, 0.05) is 24.2 Å². The van der Waals surface area contributed by atoms with Crippen LogP contribution in [-0.4, -0.2) is 43.5 Å². The number of anilines is 1. The largest absolute Gasteiger partial charge is 0.381 e. The van der Waals surface area contributed by atoms with Crippen LogP contribution in [0.25, 0.3) is 11.2 Å². The maximum atomic E-state index is 13.2. The monoisotopic (exact) mass is 432 g/mol. The average molecular weight is 433 g/mol. The van der Waals surface area contributed by atoms with Crippen molar-refractivity contribution >= 4 is 40.3 Å². The summed E-state index contributed by atoms with van der Waals surface area (Å²) in [6.45, 7) is 2.50. The van der Waals surface area contributed by atoms with Gasteiger partial charge in [0.2, 0.25) is 5.28 Å². The molecule has 10 heteroatoms. The standard InChI is InChI=1S/C19H21ClN6O2S/c1-3-29-14-5-4-11(21-9-14)8-22-16-18(27)26(12-6-13(7-12)28-2)17-15(24-16)10-23-19(20)25-17/h4-5,9-10,12-13H,3,6-8H2,1-2H3,(H,22,24). The summed E-state index contributed by atoms with van der Waals surface area (Å²) in [6, 6.07) is 3.97. The first kappa shape index (κ1) is 20.1. The predicted octanol–water partition coefficient (Wildman–Crippen LogP) is 3.31. The lowest BCUT2D eigenvalue weighted by Gasteiger charge is -2.35. The van der Waals surface area contributed by atoms with E-state index < -0.39 is 0 Å². The Morgan fingerprint density at radius 3 is 2.79 bits per heavy atom. The van der Waals surface area contributed by atoms with Crippen LogP contribution in [0.2, 0.25) is 5.28 Å². The Hall–Kier alpha value is -2.23. The van der Waals surface area contributed by atoms with Crippen LogP contribution in [0.15, 0.2) is 34.2 Å². The van der Waals surface area contributed by atoms with Crippen molar-refractivity contribution in [2.45, 2.75) is 43.4 Å². The second kappa shape index (κ2) is 8.64. The molecular formula is C19H21ClN6O2S. The number of hydrogen-bond donors (Lipinski definition) is 1. The number of ether oxygens (including phenoxy) is 1. The lowest BCUT2D eigenvalue weighted by atomic mass is 9.89. The van der Waals surface area contributed by atoms with Crippen LogP contribution in [0.5, 0.6) is 0 Å². The van der Waals surface area contributed by atoms with Gasteiger partial charge in [-0.2, -0.15) is 4.98 Å². The molecule has 0 aliphatic heterocycles. The summed E-state index contributed by atoms with van der Waals surface area (Å²) < 4.78 is 7.02. The summed E-state index contributed by atoms with van der Waals surface area (Å²) >= 11 is 7.70. The Morgan fingerprint density at radius 1 is 1.28 bits per heavy atom. The fourth-order valence-electron chi connectivity index (χ4n) is 3.32. The zero-order valence-corrected chi connectivity index (χ0v) is 17.7. The fraction of sp³-hybridized carbons (Fsp3) is 0.421. The Morgan fingerprint density at radius 2 is 2.10 bits per heavy atom. The number of hydrogen-bond acceptors (Lipinski definition) is 8. The van der Waals surface area contributed by atoms with Crippen molar-refractivity contribution in [3.8, 4) is 0 Å². The van der Waals surface area contributed by atoms with Crippen LogP contribution in [-0.2, 0) is 11.3 Å². The van der Waals surface area contributed by atoms with E-state index in [1.165, 1.54) is 6.20 Å². The second-order valence-electron chi connectivity index (χ2n) is 6.74. The third kappa shape index (κ3) is 4.22. The molecule has 152 valence electrons. The summed E-state index contributed by atoms with van der Waals surface area (Å²) in [6.07, 6.45) is 5.01. The number of nitrogens with one attached hydrogen (secondary N) is 1. The molecular weight excluding hydrogens is 412 g/mol. The lowest BCUT2D eigenvalue weighted by molar-refractivity contribution is 0.00636. The van der Waals surface area contributed by atoms with Crippen LogP contribution in [0.1, 0.15) is 31.5 Å². The number of methoxy groups -OCH3 is 1. The van der Waals surface area contributed by atoms with Gasteiger partial charge in [0.25, 0.3) is 5.56 Å². The van der Waals surface area contributed by atoms with Crippen molar-refractivity contribution in [2.75, 3.05) is 18.2 Å². The van der Waals surface area contributed by atoms with Crippen molar-refractivity contribution in [3.63, 3.8) is 0 Å². The zero-order valence-electron chi connectivity index (χ0n) is 16.1. The van der Waals surface area contributed by atoms with Crippen molar-refractivity contribution in [3.05, 3.63) is 45.9 Å². The molecule has 1 N–H and O–H groups in total. The molecule has 1 saturated carbocycles.